The van der Waals surface area contributed by atoms with Crippen molar-refractivity contribution < 1.29 is 19.1 Å². The highest BCUT2D eigenvalue weighted by atomic mass is 16.6. The van der Waals surface area contributed by atoms with E-state index < -0.39 is 12.2 Å². The van der Waals surface area contributed by atoms with Gasteiger partial charge in [-0.25, -0.2) is 9.59 Å². The molecular formula is C7H12N2O4. The Balaban J connectivity index is 3.74. The molecule has 0 N–H and O–H groups in total. The molecule has 74 valence electrons. The summed E-state index contributed by atoms with van der Waals surface area (Å²) in [5.74, 6) is 0.220. The number of carbonyl (C=O) groups excluding carboxylic acids is 2. The van der Waals surface area contributed by atoms with Crippen molar-refractivity contribution >= 4 is 12.2 Å². The summed E-state index contributed by atoms with van der Waals surface area (Å²) >= 11 is 0. The van der Waals surface area contributed by atoms with Gasteiger partial charge < -0.3 is 9.47 Å². The predicted molar refractivity (Wildman–Crippen MR) is 43.4 cm³/mol. The molecule has 0 saturated heterocycles. The predicted octanol–water partition coefficient (Wildman–Crippen LogP) is 2.00. The zero-order valence-corrected chi connectivity index (χ0v) is 7.81. The van der Waals surface area contributed by atoms with Gasteiger partial charge in [0, 0.05) is 0 Å². The Morgan fingerprint density at radius 3 is 2.23 bits per heavy atom. The summed E-state index contributed by atoms with van der Waals surface area (Å²) in [5.41, 5.74) is 0. The monoisotopic (exact) mass is 188 g/mol. The van der Waals surface area contributed by atoms with Crippen LogP contribution in [0, 0.1) is 5.92 Å². The van der Waals surface area contributed by atoms with Gasteiger partial charge in [0.2, 0.25) is 0 Å². The van der Waals surface area contributed by atoms with Crippen LogP contribution in [0.4, 0.5) is 9.59 Å². The zero-order valence-electron chi connectivity index (χ0n) is 7.81. The molecule has 0 aromatic carbocycles. The van der Waals surface area contributed by atoms with Gasteiger partial charge in [0.1, 0.15) is 0 Å². The van der Waals surface area contributed by atoms with Gasteiger partial charge in [-0.3, -0.25) is 0 Å². The van der Waals surface area contributed by atoms with Crippen LogP contribution in [-0.4, -0.2) is 25.9 Å². The number of methoxy groups -OCH3 is 1. The Kier molecular flexibility index (Phi) is 5.42. The van der Waals surface area contributed by atoms with Crippen LogP contribution in [0.5, 0.6) is 0 Å². The van der Waals surface area contributed by atoms with Crippen LogP contribution in [-0.2, 0) is 9.47 Å². The van der Waals surface area contributed by atoms with E-state index in [2.05, 4.69) is 19.7 Å². The van der Waals surface area contributed by atoms with E-state index in [4.69, 9.17) is 0 Å². The fourth-order valence-electron chi connectivity index (χ4n) is 0.389. The summed E-state index contributed by atoms with van der Waals surface area (Å²) in [7, 11) is 1.14. The molecular weight excluding hydrogens is 176 g/mol. The van der Waals surface area contributed by atoms with Crippen molar-refractivity contribution in [3.05, 3.63) is 0 Å². The van der Waals surface area contributed by atoms with Crippen LogP contribution >= 0.6 is 0 Å². The van der Waals surface area contributed by atoms with E-state index in [9.17, 15) is 9.59 Å². The topological polar surface area (TPSA) is 77.3 Å². The highest BCUT2D eigenvalue weighted by Gasteiger charge is 2.03. The van der Waals surface area contributed by atoms with Crippen molar-refractivity contribution in [2.45, 2.75) is 13.8 Å². The summed E-state index contributed by atoms with van der Waals surface area (Å²) < 4.78 is 8.71. The standard InChI is InChI=1S/C7H12N2O4/c1-5(2)4-13-7(11)9-8-6(10)12-3/h5H,4H2,1-3H3/b9-8+. The molecule has 0 unspecified atom stereocenters. The van der Waals surface area contributed by atoms with Gasteiger partial charge in [-0.05, 0) is 5.92 Å². The molecule has 0 aromatic heterocycles. The zero-order chi connectivity index (χ0) is 10.3. The van der Waals surface area contributed by atoms with E-state index in [0.29, 0.717) is 0 Å². The Bertz CT molecular complexity index is 213. The second kappa shape index (κ2) is 6.10. The van der Waals surface area contributed by atoms with Gasteiger partial charge in [-0.1, -0.05) is 24.1 Å². The van der Waals surface area contributed by atoms with Gasteiger partial charge in [0.15, 0.2) is 0 Å². The molecule has 0 aliphatic rings. The molecule has 0 aliphatic carbocycles. The quantitative estimate of drug-likeness (QED) is 0.621. The molecule has 13 heavy (non-hydrogen) atoms. The maximum absolute atomic E-state index is 10.7. The third kappa shape index (κ3) is 6.92. The van der Waals surface area contributed by atoms with Crippen molar-refractivity contribution in [3.8, 4) is 0 Å². The van der Waals surface area contributed by atoms with Crippen LogP contribution in [0.3, 0.4) is 0 Å². The van der Waals surface area contributed by atoms with Crippen LogP contribution in [0.2, 0.25) is 0 Å². The van der Waals surface area contributed by atoms with Gasteiger partial charge in [0.25, 0.3) is 0 Å². The summed E-state index contributed by atoms with van der Waals surface area (Å²) in [4.78, 5) is 21.0. The summed E-state index contributed by atoms with van der Waals surface area (Å²) in [6, 6.07) is 0. The van der Waals surface area contributed by atoms with Gasteiger partial charge >= 0.3 is 12.2 Å². The average molecular weight is 188 g/mol. The maximum atomic E-state index is 10.7. The van der Waals surface area contributed by atoms with Gasteiger partial charge in [-0.2, -0.15) is 0 Å². The number of hydrogen-bond acceptors (Lipinski definition) is 4. The van der Waals surface area contributed by atoms with E-state index in [-0.39, 0.29) is 12.5 Å². The normalized spacial score (nSPS) is 10.5. The average Bonchev–Trinajstić information content (AvgIpc) is 2.10. The lowest BCUT2D eigenvalue weighted by atomic mass is 10.2. The number of ether oxygens (including phenoxy) is 2. The first-order chi connectivity index (χ1) is 6.06. The van der Waals surface area contributed by atoms with Crippen LogP contribution < -0.4 is 0 Å². The SMILES string of the molecule is COC(=O)/N=N/C(=O)OCC(C)C. The first kappa shape index (κ1) is 11.5. The largest absolute Gasteiger partial charge is 0.452 e. The fraction of sp³-hybridized carbons (Fsp3) is 0.714. The third-order valence-corrected chi connectivity index (χ3v) is 0.928. The lowest BCUT2D eigenvalue weighted by Gasteiger charge is -2.01. The van der Waals surface area contributed by atoms with E-state index in [1.165, 1.54) is 0 Å². The summed E-state index contributed by atoms with van der Waals surface area (Å²) in [5, 5.41) is 5.87. The first-order valence-corrected chi connectivity index (χ1v) is 3.72. The van der Waals surface area contributed by atoms with Crippen molar-refractivity contribution in [1.29, 1.82) is 0 Å². The summed E-state index contributed by atoms with van der Waals surface area (Å²) in [6.45, 7) is 4.01. The molecule has 0 spiro atoms. The number of azo groups is 1. The lowest BCUT2D eigenvalue weighted by Crippen LogP contribution is -2.06. The molecule has 0 aliphatic heterocycles. The molecule has 0 bridgehead atoms. The second-order valence-electron chi connectivity index (χ2n) is 2.64. The van der Waals surface area contributed by atoms with E-state index >= 15 is 0 Å². The minimum atomic E-state index is -0.929. The molecule has 0 radical (unpaired) electrons. The van der Waals surface area contributed by atoms with E-state index in [1.54, 1.807) is 0 Å². The number of rotatable bonds is 2. The van der Waals surface area contributed by atoms with Crippen LogP contribution in [0.15, 0.2) is 10.2 Å². The van der Waals surface area contributed by atoms with Crippen molar-refractivity contribution in [1.82, 2.24) is 0 Å². The van der Waals surface area contributed by atoms with Gasteiger partial charge in [-0.15, -0.1) is 0 Å². The highest BCUT2D eigenvalue weighted by molar-refractivity contribution is 5.72. The van der Waals surface area contributed by atoms with Crippen LogP contribution in [0.1, 0.15) is 13.8 Å². The molecule has 6 heteroatoms. The molecule has 0 saturated carbocycles. The maximum Gasteiger partial charge on any atom is 0.452 e. The van der Waals surface area contributed by atoms with Crippen molar-refractivity contribution in [3.63, 3.8) is 0 Å². The molecule has 0 atom stereocenters. The smallest absolute Gasteiger partial charge is 0.450 e. The first-order valence-electron chi connectivity index (χ1n) is 3.72. The Morgan fingerprint density at radius 2 is 1.77 bits per heavy atom. The molecule has 6 nitrogen and oxygen atoms in total. The Labute approximate surface area is 75.9 Å². The second-order valence-corrected chi connectivity index (χ2v) is 2.64. The number of hydrogen-bond donors (Lipinski definition) is 0. The fourth-order valence-corrected chi connectivity index (χ4v) is 0.389. The van der Waals surface area contributed by atoms with E-state index in [0.717, 1.165) is 7.11 Å². The molecule has 2 amide bonds. The lowest BCUT2D eigenvalue weighted by molar-refractivity contribution is 0.140. The molecule has 0 heterocycles. The number of amides is 2. The highest BCUT2D eigenvalue weighted by Crippen LogP contribution is 1.95. The summed E-state index contributed by atoms with van der Waals surface area (Å²) in [6.07, 6.45) is -1.82. The van der Waals surface area contributed by atoms with Crippen molar-refractivity contribution in [2.24, 2.45) is 16.1 Å². The minimum Gasteiger partial charge on any atom is -0.450 e. The molecule has 0 aromatic rings. The molecule has 0 fully saturated rings. The number of nitrogens with zero attached hydrogens (tertiary/aromatic N) is 2. The van der Waals surface area contributed by atoms with E-state index in [1.807, 2.05) is 13.8 Å². The Morgan fingerprint density at radius 1 is 1.23 bits per heavy atom. The third-order valence-electron chi connectivity index (χ3n) is 0.928. The Hall–Kier alpha value is -1.46. The number of carbonyl (C=O) groups is 2. The minimum absolute atomic E-state index is 0.220. The van der Waals surface area contributed by atoms with Gasteiger partial charge in [0.05, 0.1) is 13.7 Å². The van der Waals surface area contributed by atoms with Crippen LogP contribution in [0.25, 0.3) is 0 Å². The molecule has 0 rings (SSSR count). The van der Waals surface area contributed by atoms with Crippen molar-refractivity contribution in [2.75, 3.05) is 13.7 Å².